The second kappa shape index (κ2) is 2.52. The van der Waals surface area contributed by atoms with E-state index < -0.39 is 0 Å². The summed E-state index contributed by atoms with van der Waals surface area (Å²) in [7, 11) is 2.08. The second-order valence-electron chi connectivity index (χ2n) is 2.14. The van der Waals surface area contributed by atoms with E-state index >= 15 is 0 Å². The Morgan fingerprint density at radius 2 is 2.11 bits per heavy atom. The van der Waals surface area contributed by atoms with Gasteiger partial charge in [-0.15, -0.1) is 0 Å². The lowest BCUT2D eigenvalue weighted by atomic mass is 10.6. The van der Waals surface area contributed by atoms with Gasteiger partial charge < -0.3 is 9.21 Å². The van der Waals surface area contributed by atoms with E-state index in [-0.39, 0.29) is 0 Å². The highest BCUT2D eigenvalue weighted by molar-refractivity contribution is 7.96. The van der Waals surface area contributed by atoms with Crippen molar-refractivity contribution >= 4 is 11.9 Å². The Bertz CT molecular complexity index is 124. The Morgan fingerprint density at radius 1 is 1.44 bits per heavy atom. The molecule has 1 aliphatic rings. The van der Waals surface area contributed by atoms with Gasteiger partial charge in [0.2, 0.25) is 0 Å². The van der Waals surface area contributed by atoms with Gasteiger partial charge >= 0.3 is 0 Å². The molecular formula is C6H12N2S. The summed E-state index contributed by atoms with van der Waals surface area (Å²) in [5, 5.41) is 0. The first-order chi connectivity index (χ1) is 4.25. The average Bonchev–Trinajstić information content (AvgIpc) is 2.15. The van der Waals surface area contributed by atoms with Crippen LogP contribution >= 0.6 is 11.9 Å². The minimum absolute atomic E-state index is 0.514. The number of rotatable bonds is 1. The number of nitrogens with zero attached hydrogens (tertiary/aromatic N) is 2. The zero-order valence-electron chi connectivity index (χ0n) is 6.03. The Kier molecular flexibility index (Phi) is 1.90. The molecule has 0 bridgehead atoms. The third-order valence-corrected chi connectivity index (χ3v) is 2.47. The summed E-state index contributed by atoms with van der Waals surface area (Å²) in [6.07, 6.45) is 6.77. The maximum absolute atomic E-state index is 2.21. The summed E-state index contributed by atoms with van der Waals surface area (Å²) in [4.78, 5) is 2.18. The number of hydrogen-bond acceptors (Lipinski definition) is 3. The molecule has 0 saturated heterocycles. The van der Waals surface area contributed by atoms with E-state index in [9.17, 15) is 0 Å². The van der Waals surface area contributed by atoms with Crippen molar-refractivity contribution in [2.75, 3.05) is 13.3 Å². The van der Waals surface area contributed by atoms with Gasteiger partial charge in [-0.1, -0.05) is 11.9 Å². The fraction of sp³-hybridized carbons (Fsp3) is 0.667. The first-order valence-corrected chi connectivity index (χ1v) is 4.16. The minimum atomic E-state index is 0.514. The van der Waals surface area contributed by atoms with Gasteiger partial charge in [-0.2, -0.15) is 0 Å². The molecule has 3 heteroatoms. The molecule has 2 nitrogen and oxygen atoms in total. The van der Waals surface area contributed by atoms with Crippen LogP contribution in [0, 0.1) is 0 Å². The number of hydrogen-bond donors (Lipinski definition) is 0. The standard InChI is InChI=1S/C6H12N2S/c1-6-7(2)4-5-8(6)9-3/h4-6H,1-3H3. The molecule has 0 fully saturated rings. The summed E-state index contributed by atoms with van der Waals surface area (Å²) in [5.41, 5.74) is 0. The summed E-state index contributed by atoms with van der Waals surface area (Å²) in [5.74, 6) is 0. The maximum Gasteiger partial charge on any atom is 0.108 e. The molecule has 0 N–H and O–H groups in total. The highest BCUT2D eigenvalue weighted by atomic mass is 32.2. The molecule has 0 aromatic heterocycles. The fourth-order valence-corrected chi connectivity index (χ4v) is 1.44. The van der Waals surface area contributed by atoms with Gasteiger partial charge in [0.1, 0.15) is 6.17 Å². The first kappa shape index (κ1) is 6.81. The quantitative estimate of drug-likeness (QED) is 0.513. The van der Waals surface area contributed by atoms with Crippen LogP contribution in [0.25, 0.3) is 0 Å². The van der Waals surface area contributed by atoms with Crippen LogP contribution in [0.4, 0.5) is 0 Å². The Hall–Kier alpha value is -0.310. The van der Waals surface area contributed by atoms with E-state index in [1.807, 2.05) is 0 Å². The van der Waals surface area contributed by atoms with Crippen molar-refractivity contribution in [2.45, 2.75) is 13.1 Å². The molecule has 0 aromatic rings. The van der Waals surface area contributed by atoms with Crippen molar-refractivity contribution < 1.29 is 0 Å². The normalized spacial score (nSPS) is 25.9. The highest BCUT2D eigenvalue weighted by Gasteiger charge is 2.16. The van der Waals surface area contributed by atoms with Crippen molar-refractivity contribution in [1.82, 2.24) is 9.21 Å². The maximum atomic E-state index is 2.21. The van der Waals surface area contributed by atoms with E-state index in [1.54, 1.807) is 11.9 Å². The second-order valence-corrected chi connectivity index (χ2v) is 2.92. The summed E-state index contributed by atoms with van der Waals surface area (Å²) >= 11 is 1.75. The SMILES string of the molecule is CSN1C=CN(C)C1C. The Balaban J connectivity index is 2.51. The van der Waals surface area contributed by atoms with Crippen LogP contribution in [-0.4, -0.2) is 28.7 Å². The van der Waals surface area contributed by atoms with Crippen LogP contribution in [0.5, 0.6) is 0 Å². The van der Waals surface area contributed by atoms with Crippen molar-refractivity contribution in [1.29, 1.82) is 0 Å². The smallest absolute Gasteiger partial charge is 0.108 e. The largest absolute Gasteiger partial charge is 0.359 e. The predicted molar refractivity (Wildman–Crippen MR) is 41.7 cm³/mol. The van der Waals surface area contributed by atoms with E-state index in [1.165, 1.54) is 0 Å². The van der Waals surface area contributed by atoms with Gasteiger partial charge in [-0.05, 0) is 6.92 Å². The van der Waals surface area contributed by atoms with Crippen LogP contribution in [0.3, 0.4) is 0 Å². The van der Waals surface area contributed by atoms with Gasteiger partial charge in [0.25, 0.3) is 0 Å². The zero-order chi connectivity index (χ0) is 6.85. The molecular weight excluding hydrogens is 132 g/mol. The van der Waals surface area contributed by atoms with Gasteiger partial charge in [-0.25, -0.2) is 0 Å². The lowest BCUT2D eigenvalue weighted by Gasteiger charge is -2.24. The lowest BCUT2D eigenvalue weighted by Crippen LogP contribution is -2.28. The third-order valence-electron chi connectivity index (χ3n) is 1.62. The van der Waals surface area contributed by atoms with Gasteiger partial charge in [0.05, 0.1) is 0 Å². The molecule has 0 amide bonds. The first-order valence-electron chi connectivity index (χ1n) is 2.98. The molecule has 1 unspecified atom stereocenters. The topological polar surface area (TPSA) is 6.48 Å². The lowest BCUT2D eigenvalue weighted by molar-refractivity contribution is 0.288. The molecule has 0 saturated carbocycles. The summed E-state index contributed by atoms with van der Waals surface area (Å²) < 4.78 is 2.21. The summed E-state index contributed by atoms with van der Waals surface area (Å²) in [6.45, 7) is 2.18. The van der Waals surface area contributed by atoms with E-state index in [4.69, 9.17) is 0 Å². The zero-order valence-corrected chi connectivity index (χ0v) is 6.85. The molecule has 1 atom stereocenters. The Morgan fingerprint density at radius 3 is 2.33 bits per heavy atom. The molecule has 0 aromatic carbocycles. The van der Waals surface area contributed by atoms with Crippen molar-refractivity contribution in [3.63, 3.8) is 0 Å². The van der Waals surface area contributed by atoms with Crippen LogP contribution in [0.1, 0.15) is 6.92 Å². The molecule has 0 aliphatic carbocycles. The van der Waals surface area contributed by atoms with Crippen LogP contribution in [0.2, 0.25) is 0 Å². The van der Waals surface area contributed by atoms with Crippen LogP contribution in [0.15, 0.2) is 12.4 Å². The monoisotopic (exact) mass is 144 g/mol. The minimum Gasteiger partial charge on any atom is -0.359 e. The third kappa shape index (κ3) is 1.15. The van der Waals surface area contributed by atoms with E-state index in [0.29, 0.717) is 6.17 Å². The van der Waals surface area contributed by atoms with Crippen molar-refractivity contribution in [3.8, 4) is 0 Å². The Labute approximate surface area is 60.6 Å². The molecule has 1 heterocycles. The van der Waals surface area contributed by atoms with E-state index in [2.05, 4.69) is 41.8 Å². The molecule has 1 rings (SSSR count). The average molecular weight is 144 g/mol. The van der Waals surface area contributed by atoms with Crippen LogP contribution in [-0.2, 0) is 0 Å². The van der Waals surface area contributed by atoms with Gasteiger partial charge in [0.15, 0.2) is 0 Å². The highest BCUT2D eigenvalue weighted by Crippen LogP contribution is 2.19. The molecule has 1 aliphatic heterocycles. The van der Waals surface area contributed by atoms with E-state index in [0.717, 1.165) is 0 Å². The predicted octanol–water partition coefficient (Wildman–Crippen LogP) is 1.33. The van der Waals surface area contributed by atoms with Crippen molar-refractivity contribution in [2.24, 2.45) is 0 Å². The molecule has 52 valence electrons. The molecule has 0 radical (unpaired) electrons. The van der Waals surface area contributed by atoms with Gasteiger partial charge in [-0.3, -0.25) is 0 Å². The molecule has 9 heavy (non-hydrogen) atoms. The van der Waals surface area contributed by atoms with Gasteiger partial charge in [0, 0.05) is 25.7 Å². The summed E-state index contributed by atoms with van der Waals surface area (Å²) in [6, 6.07) is 0. The fourth-order valence-electron chi connectivity index (χ4n) is 0.813. The van der Waals surface area contributed by atoms with Crippen molar-refractivity contribution in [3.05, 3.63) is 12.4 Å². The van der Waals surface area contributed by atoms with Crippen LogP contribution < -0.4 is 0 Å². The molecule has 0 spiro atoms.